The van der Waals surface area contributed by atoms with E-state index >= 15 is 0 Å². The normalized spacial score (nSPS) is 21.1. The fourth-order valence-corrected chi connectivity index (χ4v) is 2.21. The van der Waals surface area contributed by atoms with Gasteiger partial charge in [0.1, 0.15) is 11.9 Å². The molecule has 0 aliphatic carbocycles. The van der Waals surface area contributed by atoms with Crippen LogP contribution in [0.2, 0.25) is 0 Å². The summed E-state index contributed by atoms with van der Waals surface area (Å²) < 4.78 is 5.44. The summed E-state index contributed by atoms with van der Waals surface area (Å²) in [5, 5.41) is 9.82. The Morgan fingerprint density at radius 3 is 2.58 bits per heavy atom. The molecule has 3 rings (SSSR count). The molecule has 0 aromatic heterocycles. The molecule has 1 N–H and O–H groups in total. The third kappa shape index (κ3) is 2.25. The number of carbonyl (C=O) groups is 1. The number of hydrogen-bond donors (Lipinski definition) is 1. The molecular formula is C16H14O3. The minimum atomic E-state index is -0.476. The maximum Gasteiger partial charge on any atom is 0.198 e. The van der Waals surface area contributed by atoms with Gasteiger partial charge < -0.3 is 9.84 Å². The van der Waals surface area contributed by atoms with Crippen LogP contribution in [-0.2, 0) is 4.74 Å². The number of benzene rings is 2. The number of Topliss-reactive ketones (excluding diaryl/α,β-unsaturated/α-hetero) is 1. The second kappa shape index (κ2) is 4.52. The number of ether oxygens (including phenoxy) is 1. The van der Waals surface area contributed by atoms with Crippen LogP contribution in [0, 0.1) is 6.92 Å². The highest BCUT2D eigenvalue weighted by atomic mass is 16.6. The second-order valence-electron chi connectivity index (χ2n) is 4.77. The average molecular weight is 254 g/mol. The van der Waals surface area contributed by atoms with Crippen LogP contribution in [0.3, 0.4) is 0 Å². The number of ketones is 1. The van der Waals surface area contributed by atoms with Gasteiger partial charge in [0.05, 0.1) is 5.56 Å². The van der Waals surface area contributed by atoms with Crippen molar-refractivity contribution in [3.8, 4) is 5.75 Å². The Labute approximate surface area is 111 Å². The van der Waals surface area contributed by atoms with E-state index in [2.05, 4.69) is 0 Å². The number of epoxide rings is 1. The molecule has 1 heterocycles. The van der Waals surface area contributed by atoms with Gasteiger partial charge in [-0.2, -0.15) is 0 Å². The lowest BCUT2D eigenvalue weighted by Crippen LogP contribution is -2.08. The Kier molecular flexibility index (Phi) is 2.84. The van der Waals surface area contributed by atoms with Crippen LogP contribution in [0.1, 0.15) is 27.6 Å². The van der Waals surface area contributed by atoms with Gasteiger partial charge in [0.15, 0.2) is 11.9 Å². The first kappa shape index (κ1) is 11.9. The van der Waals surface area contributed by atoms with Crippen molar-refractivity contribution in [3.05, 3.63) is 65.2 Å². The molecule has 3 nitrogen and oxygen atoms in total. The van der Waals surface area contributed by atoms with Crippen molar-refractivity contribution in [3.63, 3.8) is 0 Å². The molecule has 2 aromatic carbocycles. The Morgan fingerprint density at radius 1 is 1.16 bits per heavy atom. The van der Waals surface area contributed by atoms with Gasteiger partial charge in [-0.05, 0) is 30.2 Å². The maximum atomic E-state index is 12.2. The first-order valence-electron chi connectivity index (χ1n) is 6.21. The molecule has 1 saturated heterocycles. The van der Waals surface area contributed by atoms with E-state index in [1.54, 1.807) is 12.1 Å². The number of phenols is 1. The molecule has 0 spiro atoms. The zero-order valence-electron chi connectivity index (χ0n) is 10.5. The summed E-state index contributed by atoms with van der Waals surface area (Å²) in [7, 11) is 0. The van der Waals surface area contributed by atoms with E-state index in [-0.39, 0.29) is 17.6 Å². The van der Waals surface area contributed by atoms with Gasteiger partial charge in [-0.3, -0.25) is 4.79 Å². The lowest BCUT2D eigenvalue weighted by Gasteiger charge is -2.02. The number of aryl methyl sites for hydroxylation is 1. The van der Waals surface area contributed by atoms with Gasteiger partial charge in [0, 0.05) is 0 Å². The molecule has 0 amide bonds. The van der Waals surface area contributed by atoms with E-state index in [1.807, 2.05) is 43.3 Å². The van der Waals surface area contributed by atoms with E-state index < -0.39 is 6.10 Å². The molecule has 2 aromatic rings. The highest BCUT2D eigenvalue weighted by molar-refractivity contribution is 6.03. The van der Waals surface area contributed by atoms with E-state index in [9.17, 15) is 9.90 Å². The quantitative estimate of drug-likeness (QED) is 0.676. The summed E-state index contributed by atoms with van der Waals surface area (Å²) in [4.78, 5) is 12.2. The number of rotatable bonds is 3. The van der Waals surface area contributed by atoms with Crippen LogP contribution in [0.4, 0.5) is 0 Å². The van der Waals surface area contributed by atoms with Crippen LogP contribution < -0.4 is 0 Å². The molecule has 1 fully saturated rings. The predicted octanol–water partition coefficient (Wildman–Crippen LogP) is 3.02. The van der Waals surface area contributed by atoms with Crippen molar-refractivity contribution in [2.75, 3.05) is 0 Å². The summed E-state index contributed by atoms with van der Waals surface area (Å²) in [5.41, 5.74) is 2.24. The van der Waals surface area contributed by atoms with Crippen molar-refractivity contribution >= 4 is 5.78 Å². The first-order chi connectivity index (χ1) is 9.16. The number of phenolic OH excluding ortho intramolecular Hbond substituents is 1. The van der Waals surface area contributed by atoms with Crippen molar-refractivity contribution in [1.29, 1.82) is 0 Å². The van der Waals surface area contributed by atoms with Gasteiger partial charge in [-0.25, -0.2) is 0 Å². The van der Waals surface area contributed by atoms with Crippen molar-refractivity contribution < 1.29 is 14.6 Å². The highest BCUT2D eigenvalue weighted by Gasteiger charge is 2.46. The van der Waals surface area contributed by atoms with Crippen molar-refractivity contribution in [2.45, 2.75) is 19.1 Å². The topological polar surface area (TPSA) is 49.8 Å². The fourth-order valence-electron chi connectivity index (χ4n) is 2.21. The molecular weight excluding hydrogens is 240 g/mol. The van der Waals surface area contributed by atoms with Crippen molar-refractivity contribution in [1.82, 2.24) is 0 Å². The van der Waals surface area contributed by atoms with Gasteiger partial charge in [-0.15, -0.1) is 0 Å². The SMILES string of the molecule is Cc1ccc(C(=O)[C@H]2O[C@@H]2c2ccccc2)c(O)c1. The summed E-state index contributed by atoms with van der Waals surface area (Å²) in [5.74, 6) is -0.140. The van der Waals surface area contributed by atoms with E-state index in [4.69, 9.17) is 4.74 Å². The third-order valence-electron chi connectivity index (χ3n) is 3.30. The molecule has 3 heteroatoms. The number of aromatic hydroxyl groups is 1. The molecule has 2 atom stereocenters. The lowest BCUT2D eigenvalue weighted by molar-refractivity contribution is 0.0951. The average Bonchev–Trinajstić information content (AvgIpc) is 3.19. The van der Waals surface area contributed by atoms with Crippen molar-refractivity contribution in [2.24, 2.45) is 0 Å². The van der Waals surface area contributed by atoms with Crippen LogP contribution in [-0.4, -0.2) is 17.0 Å². The first-order valence-corrected chi connectivity index (χ1v) is 6.21. The van der Waals surface area contributed by atoms with Gasteiger partial charge in [0.25, 0.3) is 0 Å². The van der Waals surface area contributed by atoms with Crippen LogP contribution in [0.15, 0.2) is 48.5 Å². The molecule has 0 radical (unpaired) electrons. The van der Waals surface area contributed by atoms with Gasteiger partial charge in [0.2, 0.25) is 0 Å². The van der Waals surface area contributed by atoms with Gasteiger partial charge >= 0.3 is 0 Å². The molecule has 0 saturated carbocycles. The summed E-state index contributed by atoms with van der Waals surface area (Å²) in [6.45, 7) is 1.87. The standard InChI is InChI=1S/C16H14O3/c1-10-7-8-12(13(17)9-10)14(18)16-15(19-16)11-5-3-2-4-6-11/h2-9,15-17H,1H3/t15-,16-/m1/s1. The Balaban J connectivity index is 1.80. The van der Waals surface area contributed by atoms with Crippen LogP contribution in [0.5, 0.6) is 5.75 Å². The van der Waals surface area contributed by atoms with Gasteiger partial charge in [-0.1, -0.05) is 36.4 Å². The van der Waals surface area contributed by atoms with E-state index in [1.165, 1.54) is 0 Å². The largest absolute Gasteiger partial charge is 0.507 e. The predicted molar refractivity (Wildman–Crippen MR) is 71.2 cm³/mol. The molecule has 0 unspecified atom stereocenters. The number of hydrogen-bond acceptors (Lipinski definition) is 3. The molecule has 19 heavy (non-hydrogen) atoms. The molecule has 0 bridgehead atoms. The van der Waals surface area contributed by atoms with E-state index in [0.29, 0.717) is 5.56 Å². The maximum absolute atomic E-state index is 12.2. The second-order valence-corrected chi connectivity index (χ2v) is 4.77. The Bertz CT molecular complexity index is 619. The summed E-state index contributed by atoms with van der Waals surface area (Å²) >= 11 is 0. The number of carbonyl (C=O) groups excluding carboxylic acids is 1. The zero-order valence-corrected chi connectivity index (χ0v) is 10.5. The lowest BCUT2D eigenvalue weighted by atomic mass is 10.0. The van der Waals surface area contributed by atoms with Crippen LogP contribution in [0.25, 0.3) is 0 Å². The minimum absolute atomic E-state index is 0.0207. The minimum Gasteiger partial charge on any atom is -0.507 e. The third-order valence-corrected chi connectivity index (χ3v) is 3.30. The Morgan fingerprint density at radius 2 is 1.89 bits per heavy atom. The van der Waals surface area contributed by atoms with E-state index in [0.717, 1.165) is 11.1 Å². The molecule has 96 valence electrons. The highest BCUT2D eigenvalue weighted by Crippen LogP contribution is 2.41. The summed E-state index contributed by atoms with van der Waals surface area (Å²) in [6, 6.07) is 14.7. The Hall–Kier alpha value is -2.13. The fraction of sp³-hybridized carbons (Fsp3) is 0.188. The monoisotopic (exact) mass is 254 g/mol. The molecule has 1 aliphatic rings. The summed E-state index contributed by atoms with van der Waals surface area (Å²) in [6.07, 6.45) is -0.662. The zero-order chi connectivity index (χ0) is 13.4. The molecule has 1 aliphatic heterocycles. The van der Waals surface area contributed by atoms with Crippen LogP contribution >= 0.6 is 0 Å². The smallest absolute Gasteiger partial charge is 0.198 e.